The lowest BCUT2D eigenvalue weighted by Gasteiger charge is -2.32. The number of halogens is 1. The van der Waals surface area contributed by atoms with E-state index in [4.69, 9.17) is 70.7 Å². The maximum absolute atomic E-state index is 11.9. The number of carbonyl (C=O) groups excluding carboxylic acids is 1. The fourth-order valence-corrected chi connectivity index (χ4v) is 16.0. The average Bonchev–Trinajstić information content (AvgIpc) is 1.62. The van der Waals surface area contributed by atoms with Gasteiger partial charge < -0.3 is 83.9 Å². The summed E-state index contributed by atoms with van der Waals surface area (Å²) in [4.78, 5) is 25.6. The first-order chi connectivity index (χ1) is 64.6. The van der Waals surface area contributed by atoms with E-state index in [9.17, 15) is 4.79 Å². The molecule has 8 aromatic heterocycles. The summed E-state index contributed by atoms with van der Waals surface area (Å²) in [6.07, 6.45) is 0. The smallest absolute Gasteiger partial charge is 0.485 e. The Morgan fingerprint density at radius 1 is 0.407 bits per heavy atom. The predicted molar refractivity (Wildman–Crippen MR) is 539 cm³/mol. The molecule has 0 radical (unpaired) electrons. The fourth-order valence-electron chi connectivity index (χ4n) is 15.7. The number of imidazole rings is 3. The molecule has 10 aromatic carbocycles. The van der Waals surface area contributed by atoms with Gasteiger partial charge in [-0.15, -0.1) is 0 Å². The van der Waals surface area contributed by atoms with E-state index in [1.54, 1.807) is 6.92 Å². The molecule has 1 fully saturated rings. The lowest BCUT2D eigenvalue weighted by molar-refractivity contribution is 0.00578. The highest BCUT2D eigenvalue weighted by Crippen LogP contribution is 2.39. The summed E-state index contributed by atoms with van der Waals surface area (Å²) in [5.74, 6) is 5.36. The van der Waals surface area contributed by atoms with Gasteiger partial charge in [-0.1, -0.05) is 218 Å². The molecule has 0 saturated carbocycles. The molecule has 18 aromatic rings. The van der Waals surface area contributed by atoms with Gasteiger partial charge in [0.15, 0.2) is 23.4 Å². The van der Waals surface area contributed by atoms with Crippen LogP contribution in [0.4, 0.5) is 22.7 Å². The van der Waals surface area contributed by atoms with Crippen molar-refractivity contribution in [2.75, 3.05) is 29.2 Å². The van der Waals surface area contributed by atoms with Crippen LogP contribution in [0.5, 0.6) is 0 Å². The third-order valence-electron chi connectivity index (χ3n) is 23.3. The highest BCUT2D eigenvalue weighted by molar-refractivity contribution is 9.10. The fraction of sp³-hybridized carbons (Fsp3) is 0.229. The van der Waals surface area contributed by atoms with Crippen molar-refractivity contribution < 1.29 is 41.5 Å². The van der Waals surface area contributed by atoms with Crippen molar-refractivity contribution >= 4 is 102 Å². The molecule has 0 unspecified atom stereocenters. The monoisotopic (exact) mass is 1870 g/mol. The lowest BCUT2D eigenvalue weighted by Crippen LogP contribution is -2.41. The summed E-state index contributed by atoms with van der Waals surface area (Å²) >= 11 is 3.43. The second-order valence-electron chi connectivity index (χ2n) is 33.7. The van der Waals surface area contributed by atoms with E-state index >= 15 is 0 Å². The molecule has 1 saturated heterocycles. The first kappa shape index (κ1) is 97.3. The number of amides is 1. The SMILES string of the molecule is COC(C)=N.Cc1noc(C)c1-c1ccc(N)c(NCc2ccccc2)c1.Cc1noc(C)c1-c1ccc2nc(C(=N)N)n(Cc3ccccc3)c2c1.Cc1noc(C)c1-c1ccc2nc(C(N)=O)n(Cc3ccccc3)c2c1.Cc1noc(C)c1-c1ccc2nc(C)n(Cc3ccccc3)c2c1.Cc1noc(C)c1B1OC(C)(C)C(C)(C)O1.Nc1ccc(Br)cc1NCc1ccccc1. The Balaban J connectivity index is 0.000000137. The van der Waals surface area contributed by atoms with Gasteiger partial charge in [0, 0.05) is 71.8 Å². The first-order valence-electron chi connectivity index (χ1n) is 44.0. The van der Waals surface area contributed by atoms with Crippen LogP contribution in [0.15, 0.2) is 270 Å². The number of hydrogen-bond donors (Lipinski definition) is 8. The van der Waals surface area contributed by atoms with Gasteiger partial charge in [0.25, 0.3) is 5.91 Å². The summed E-state index contributed by atoms with van der Waals surface area (Å²) in [7, 11) is 1.10. The van der Waals surface area contributed by atoms with Crippen molar-refractivity contribution in [1.82, 2.24) is 54.4 Å². The van der Waals surface area contributed by atoms with Gasteiger partial charge in [0.1, 0.15) is 34.6 Å². The van der Waals surface area contributed by atoms with Crippen LogP contribution < -0.4 is 39.0 Å². The highest BCUT2D eigenvalue weighted by Gasteiger charge is 2.53. The van der Waals surface area contributed by atoms with Crippen LogP contribution in [0.1, 0.15) is 142 Å². The van der Waals surface area contributed by atoms with Gasteiger partial charge in [0.2, 0.25) is 0 Å². The van der Waals surface area contributed by atoms with E-state index in [0.717, 1.165) is 204 Å². The molecule has 12 N–H and O–H groups in total. The topological polar surface area (TPSA) is 404 Å². The molecule has 0 atom stereocenters. The molecular weight excluding hydrogens is 1760 g/mol. The number of amidine groups is 1. The van der Waals surface area contributed by atoms with Crippen LogP contribution in [0.2, 0.25) is 0 Å². The minimum atomic E-state index is -0.545. The summed E-state index contributed by atoms with van der Waals surface area (Å²) < 4.78 is 49.6. The van der Waals surface area contributed by atoms with Crippen LogP contribution in [-0.4, -0.2) is 97.5 Å². The largest absolute Gasteiger partial charge is 0.500 e. The minimum Gasteiger partial charge on any atom is -0.485 e. The normalized spacial score (nSPS) is 12.2. The molecule has 0 bridgehead atoms. The quantitative estimate of drug-likeness (QED) is 0.0161. The standard InChI is InChI=1S/C20H19N5O.C20H18N4O2.C20H19N3O.C18H19N3O.C13H13BrN2.C11H18BNO3.C3H7NO/c1-12-18(13(2)26-24-12)15-8-9-16-17(10-15)25(20(23-16)19(21)22)11-14-6-4-3-5-7-14;1-12-18(13(2)26-23-12)15-8-9-16-17(10-15)24(20(22-16)19(21)25)11-14-6-4-3-5-7-14;1-13-20(14(2)24-22-13)17-9-10-18-19(11-17)23(15(3)21-18)12-16-7-5-4-6-8-16;1-12-18(13(2)22-21-12)15-8-9-16(19)17(10-15)20-11-14-6-4-3-5-7-14;14-11-6-7-12(15)13(8-11)16-9-10-4-2-1-3-5-10;1-7-9(8(2)14-13-7)12-15-10(3,4)11(5,6)16-12;1-3(4)5-2/h3-10H,11H2,1-2H3,(H3,21,22);3-10H,11H2,1-2H3,(H2,21,25);4-11H,12H2,1-3H3;3-10,20H,11,19H2,1-2H3;1-8,16H,9,15H2;1-6H3;4H,1-2H3. The Morgan fingerprint density at radius 3 is 1.07 bits per heavy atom. The van der Waals surface area contributed by atoms with Gasteiger partial charge in [-0.25, -0.2) is 15.0 Å². The molecule has 19 rings (SSSR count). The van der Waals surface area contributed by atoms with Crippen molar-refractivity contribution in [3.8, 4) is 44.5 Å². The minimum absolute atomic E-state index is 0.0454. The molecule has 9 heterocycles. The number of rotatable bonds is 19. The molecule has 28 nitrogen and oxygen atoms in total. The van der Waals surface area contributed by atoms with Gasteiger partial charge >= 0.3 is 7.12 Å². The van der Waals surface area contributed by atoms with Gasteiger partial charge in [-0.3, -0.25) is 15.6 Å². The van der Waals surface area contributed by atoms with Crippen LogP contribution in [0.3, 0.4) is 0 Å². The Morgan fingerprint density at radius 2 is 0.719 bits per heavy atom. The third-order valence-corrected chi connectivity index (χ3v) is 23.8. The summed E-state index contributed by atoms with van der Waals surface area (Å²) in [5, 5.41) is 41.2. The van der Waals surface area contributed by atoms with Crippen molar-refractivity contribution in [1.29, 1.82) is 10.8 Å². The molecule has 1 aliphatic rings. The van der Waals surface area contributed by atoms with E-state index in [0.29, 0.717) is 18.9 Å². The summed E-state index contributed by atoms with van der Waals surface area (Å²) in [6.45, 7) is 34.4. The molecule has 1 aliphatic heterocycles. The van der Waals surface area contributed by atoms with Crippen LogP contribution in [0, 0.1) is 87.0 Å². The number of aryl methyl sites for hydroxylation is 11. The number of nitrogens with one attached hydrogen (secondary N) is 4. The third kappa shape index (κ3) is 23.6. The van der Waals surface area contributed by atoms with E-state index in [1.165, 1.54) is 23.8 Å². The molecule has 30 heteroatoms. The van der Waals surface area contributed by atoms with Gasteiger partial charge in [0.05, 0.1) is 103 Å². The average molecular weight is 1880 g/mol. The predicted octanol–water partition coefficient (Wildman–Crippen LogP) is 21.8. The maximum Gasteiger partial charge on any atom is 0.500 e. The molecule has 135 heavy (non-hydrogen) atoms. The number of ether oxygens (including phenoxy) is 1. The zero-order valence-electron chi connectivity index (χ0n) is 79.0. The lowest BCUT2D eigenvalue weighted by atomic mass is 9.77. The molecular formula is C105H113BBrN19O9. The Bertz CT molecular complexity index is 6850. The second kappa shape index (κ2) is 43.4. The van der Waals surface area contributed by atoms with E-state index in [2.05, 4.69) is 151 Å². The van der Waals surface area contributed by atoms with E-state index in [1.807, 2.05) is 276 Å². The highest BCUT2D eigenvalue weighted by atomic mass is 79.9. The number of benzene rings is 10. The first-order valence-corrected chi connectivity index (χ1v) is 44.8. The van der Waals surface area contributed by atoms with E-state index < -0.39 is 5.91 Å². The van der Waals surface area contributed by atoms with Crippen molar-refractivity contribution in [2.45, 2.75) is 155 Å². The zero-order valence-corrected chi connectivity index (χ0v) is 80.6. The number of nitrogens with two attached hydrogens (primary N) is 4. The number of hydrogen-bond acceptors (Lipinski definition) is 23. The number of nitrogen functional groups attached to an aromatic ring is 3. The van der Waals surface area contributed by atoms with Crippen LogP contribution >= 0.6 is 15.9 Å². The number of methoxy groups -OCH3 is 1. The molecule has 0 aliphatic carbocycles. The Labute approximate surface area is 793 Å². The van der Waals surface area contributed by atoms with Crippen molar-refractivity contribution in [3.05, 3.63) is 350 Å². The molecule has 0 spiro atoms. The van der Waals surface area contributed by atoms with Crippen molar-refractivity contribution in [2.24, 2.45) is 11.5 Å². The summed E-state index contributed by atoms with van der Waals surface area (Å²) in [6, 6.07) is 80.9. The van der Waals surface area contributed by atoms with Gasteiger partial charge in [-0.2, -0.15) is 0 Å². The Hall–Kier alpha value is -15.3. The van der Waals surface area contributed by atoms with E-state index in [-0.39, 0.29) is 35.9 Å². The number of anilines is 4. The number of primary amides is 1. The molecule has 1 amide bonds. The van der Waals surface area contributed by atoms with Crippen LogP contribution in [-0.2, 0) is 46.8 Å². The van der Waals surface area contributed by atoms with Crippen molar-refractivity contribution in [3.63, 3.8) is 0 Å². The maximum atomic E-state index is 11.9. The number of aromatic nitrogens is 11. The van der Waals surface area contributed by atoms with Crippen LogP contribution in [0.25, 0.3) is 77.6 Å². The number of carbonyl (C=O) groups is 1. The zero-order chi connectivity index (χ0) is 96.5. The number of nitrogens with zero attached hydrogens (tertiary/aromatic N) is 11. The summed E-state index contributed by atoms with van der Waals surface area (Å²) in [5.41, 5.74) is 50.8. The second-order valence-corrected chi connectivity index (χ2v) is 34.6. The van der Waals surface area contributed by atoms with Gasteiger partial charge in [-0.05, 0) is 221 Å². The Kier molecular flexibility index (Phi) is 31.3. The number of fused-ring (bicyclic) bond motifs is 3. The molecule has 692 valence electrons.